The smallest absolute Gasteiger partial charge is 0.336 e. The van der Waals surface area contributed by atoms with Gasteiger partial charge in [-0.25, -0.2) is 4.79 Å². The van der Waals surface area contributed by atoms with E-state index in [9.17, 15) is 10.1 Å². The largest absolute Gasteiger partial charge is 0.463 e. The molecular weight excluding hydrogens is 382 g/mol. The number of nitriles is 1. The van der Waals surface area contributed by atoms with Gasteiger partial charge in [-0.1, -0.05) is 54.7 Å². The van der Waals surface area contributed by atoms with Gasteiger partial charge >= 0.3 is 5.97 Å². The number of benzene rings is 1. The number of allylic oxidation sites excluding steroid dienone is 1. The third-order valence-corrected chi connectivity index (χ3v) is 5.40. The third-order valence-electron chi connectivity index (χ3n) is 4.94. The maximum Gasteiger partial charge on any atom is 0.336 e. The fourth-order valence-corrected chi connectivity index (χ4v) is 4.02. The molecular formula is C23H21N3O2S. The second kappa shape index (κ2) is 8.80. The highest BCUT2D eigenvalue weighted by atomic mass is 32.1. The minimum atomic E-state index is -1.18. The van der Waals surface area contributed by atoms with Gasteiger partial charge in [-0.15, -0.1) is 6.58 Å². The molecule has 1 aliphatic heterocycles. The molecule has 2 atom stereocenters. The highest BCUT2D eigenvalue weighted by Gasteiger charge is 2.51. The molecule has 5 nitrogen and oxygen atoms in total. The lowest BCUT2D eigenvalue weighted by atomic mass is 9.64. The molecule has 0 unspecified atom stereocenters. The fraction of sp³-hybridized carbons (Fsp3) is 0.217. The van der Waals surface area contributed by atoms with Crippen LogP contribution in [0.2, 0.25) is 0 Å². The van der Waals surface area contributed by atoms with E-state index in [0.29, 0.717) is 16.3 Å². The van der Waals surface area contributed by atoms with Crippen molar-refractivity contribution in [1.82, 2.24) is 10.3 Å². The van der Waals surface area contributed by atoms with Gasteiger partial charge in [0.1, 0.15) is 10.4 Å². The number of ether oxygens (including phenoxy) is 1. The molecule has 1 aromatic carbocycles. The Morgan fingerprint density at radius 1 is 1.38 bits per heavy atom. The van der Waals surface area contributed by atoms with Crippen LogP contribution in [0.4, 0.5) is 0 Å². The summed E-state index contributed by atoms with van der Waals surface area (Å²) >= 11 is 5.67. The molecule has 0 fully saturated rings. The van der Waals surface area contributed by atoms with Crippen molar-refractivity contribution in [2.45, 2.75) is 19.3 Å². The Kier molecular flexibility index (Phi) is 6.20. The Morgan fingerprint density at radius 3 is 2.72 bits per heavy atom. The van der Waals surface area contributed by atoms with Crippen molar-refractivity contribution in [3.05, 3.63) is 84.2 Å². The first-order valence-electron chi connectivity index (χ1n) is 9.29. The van der Waals surface area contributed by atoms with E-state index in [-0.39, 0.29) is 13.0 Å². The summed E-state index contributed by atoms with van der Waals surface area (Å²) in [4.78, 5) is 17.7. The summed E-state index contributed by atoms with van der Waals surface area (Å²) < 4.78 is 5.40. The highest BCUT2D eigenvalue weighted by molar-refractivity contribution is 7.80. The van der Waals surface area contributed by atoms with E-state index in [1.807, 2.05) is 36.4 Å². The number of carbonyl (C=O) groups is 1. The quantitative estimate of drug-likeness (QED) is 0.444. The molecule has 1 N–H and O–H groups in total. The van der Waals surface area contributed by atoms with Gasteiger partial charge < -0.3 is 10.1 Å². The lowest BCUT2D eigenvalue weighted by Crippen LogP contribution is -2.49. The molecule has 3 rings (SSSR count). The van der Waals surface area contributed by atoms with Crippen LogP contribution in [0, 0.1) is 16.7 Å². The van der Waals surface area contributed by atoms with Gasteiger partial charge in [0.2, 0.25) is 0 Å². The number of rotatable bonds is 6. The third kappa shape index (κ3) is 3.69. The molecule has 6 heteroatoms. The van der Waals surface area contributed by atoms with Crippen LogP contribution in [0.5, 0.6) is 0 Å². The number of thiocarbonyl (C=S) groups is 1. The predicted molar refractivity (Wildman–Crippen MR) is 116 cm³/mol. The first-order chi connectivity index (χ1) is 14.1. The SMILES string of the molecule is C=CC[C@@]1(C#N)C(=S)NC(c2ccccc2)=C(C(=O)OCC)[C@H]1c1cccnc1. The normalized spacial score (nSPS) is 21.1. The van der Waals surface area contributed by atoms with Crippen molar-refractivity contribution in [2.24, 2.45) is 5.41 Å². The molecule has 0 radical (unpaired) electrons. The van der Waals surface area contributed by atoms with Crippen LogP contribution >= 0.6 is 12.2 Å². The molecule has 1 aliphatic rings. The van der Waals surface area contributed by atoms with Crippen molar-refractivity contribution >= 4 is 28.9 Å². The molecule has 0 bridgehead atoms. The van der Waals surface area contributed by atoms with E-state index < -0.39 is 17.3 Å². The molecule has 0 aliphatic carbocycles. The molecule has 29 heavy (non-hydrogen) atoms. The summed E-state index contributed by atoms with van der Waals surface area (Å²) in [5, 5.41) is 13.4. The van der Waals surface area contributed by atoms with Crippen molar-refractivity contribution in [2.75, 3.05) is 6.61 Å². The predicted octanol–water partition coefficient (Wildman–Crippen LogP) is 4.16. The second-order valence-corrected chi connectivity index (χ2v) is 7.03. The van der Waals surface area contributed by atoms with Gasteiger partial charge in [-0.05, 0) is 30.5 Å². The van der Waals surface area contributed by atoms with Crippen LogP contribution in [0.1, 0.15) is 30.4 Å². The summed E-state index contributed by atoms with van der Waals surface area (Å²) in [5.41, 5.74) is 1.24. The van der Waals surface area contributed by atoms with Crippen molar-refractivity contribution in [1.29, 1.82) is 5.26 Å². The molecule has 1 aromatic heterocycles. The van der Waals surface area contributed by atoms with Crippen molar-refractivity contribution in [3.8, 4) is 6.07 Å². The number of hydrogen-bond acceptors (Lipinski definition) is 5. The Balaban J connectivity index is 2.37. The monoisotopic (exact) mass is 403 g/mol. The summed E-state index contributed by atoms with van der Waals surface area (Å²) in [7, 11) is 0. The van der Waals surface area contributed by atoms with Gasteiger partial charge in [0, 0.05) is 18.3 Å². The average Bonchev–Trinajstić information content (AvgIpc) is 2.76. The number of esters is 1. The zero-order chi connectivity index (χ0) is 20.9. The maximum atomic E-state index is 13.2. The van der Waals surface area contributed by atoms with Gasteiger partial charge in [-0.3, -0.25) is 4.98 Å². The number of pyridine rings is 1. The standard InChI is InChI=1S/C23H21N3O2S/c1-3-12-23(15-24)19(17-11-8-13-25-14-17)18(21(27)28-4-2)20(26-22(23)29)16-9-6-5-7-10-16/h3,5-11,13-14,19H,1,4,12H2,2H3,(H,26,29)/t19-,23+/m1/s1. The fourth-order valence-electron chi connectivity index (χ4n) is 3.67. The number of nitrogens with one attached hydrogen (secondary N) is 1. The lowest BCUT2D eigenvalue weighted by Gasteiger charge is -2.41. The van der Waals surface area contributed by atoms with Gasteiger partial charge in [0.15, 0.2) is 0 Å². The Morgan fingerprint density at radius 2 is 2.14 bits per heavy atom. The van der Waals surface area contributed by atoms with E-state index in [4.69, 9.17) is 17.0 Å². The first kappa shape index (κ1) is 20.4. The van der Waals surface area contributed by atoms with Crippen molar-refractivity contribution < 1.29 is 9.53 Å². The summed E-state index contributed by atoms with van der Waals surface area (Å²) in [6.07, 6.45) is 5.24. The van der Waals surface area contributed by atoms with Crippen LogP contribution in [-0.4, -0.2) is 22.5 Å². The van der Waals surface area contributed by atoms with E-state index in [1.165, 1.54) is 0 Å². The number of aromatic nitrogens is 1. The number of nitrogens with zero attached hydrogens (tertiary/aromatic N) is 2. The molecule has 2 aromatic rings. The van der Waals surface area contributed by atoms with E-state index in [2.05, 4.69) is 22.9 Å². The summed E-state index contributed by atoms with van der Waals surface area (Å²) in [6.45, 7) is 5.78. The molecule has 2 heterocycles. The summed E-state index contributed by atoms with van der Waals surface area (Å²) in [6, 6.07) is 15.4. The van der Waals surface area contributed by atoms with Crippen LogP contribution in [-0.2, 0) is 9.53 Å². The van der Waals surface area contributed by atoms with E-state index in [1.54, 1.807) is 31.5 Å². The average molecular weight is 404 g/mol. The molecule has 0 saturated heterocycles. The van der Waals surface area contributed by atoms with Gasteiger partial charge in [0.05, 0.1) is 23.9 Å². The molecule has 0 saturated carbocycles. The summed E-state index contributed by atoms with van der Waals surface area (Å²) in [5.74, 6) is -1.14. The van der Waals surface area contributed by atoms with Crippen LogP contribution < -0.4 is 5.32 Å². The van der Waals surface area contributed by atoms with Crippen molar-refractivity contribution in [3.63, 3.8) is 0 Å². The molecule has 0 amide bonds. The van der Waals surface area contributed by atoms with Crippen LogP contribution in [0.25, 0.3) is 5.70 Å². The highest BCUT2D eigenvalue weighted by Crippen LogP contribution is 2.49. The minimum Gasteiger partial charge on any atom is -0.463 e. The zero-order valence-corrected chi connectivity index (χ0v) is 16.9. The van der Waals surface area contributed by atoms with Gasteiger partial charge in [0.25, 0.3) is 0 Å². The zero-order valence-electron chi connectivity index (χ0n) is 16.1. The first-order valence-corrected chi connectivity index (χ1v) is 9.70. The second-order valence-electron chi connectivity index (χ2n) is 6.62. The number of hydrogen-bond donors (Lipinski definition) is 1. The van der Waals surface area contributed by atoms with Crippen LogP contribution in [0.3, 0.4) is 0 Å². The van der Waals surface area contributed by atoms with E-state index in [0.717, 1.165) is 11.1 Å². The van der Waals surface area contributed by atoms with Crippen LogP contribution in [0.15, 0.2) is 73.1 Å². The number of carbonyl (C=O) groups excluding carboxylic acids is 1. The Labute approximate surface area is 175 Å². The van der Waals surface area contributed by atoms with E-state index >= 15 is 0 Å². The lowest BCUT2D eigenvalue weighted by molar-refractivity contribution is -0.139. The molecule has 0 spiro atoms. The maximum absolute atomic E-state index is 13.2. The topological polar surface area (TPSA) is 75.0 Å². The molecule has 146 valence electrons. The minimum absolute atomic E-state index is 0.218. The Bertz CT molecular complexity index is 996. The Hall–Kier alpha value is -3.30. The van der Waals surface area contributed by atoms with Gasteiger partial charge in [-0.2, -0.15) is 5.26 Å².